The molecule has 0 unspecified atom stereocenters. The van der Waals surface area contributed by atoms with Gasteiger partial charge in [0, 0.05) is 46.2 Å². The Balaban J connectivity index is 1.17. The van der Waals surface area contributed by atoms with Crippen molar-refractivity contribution in [2.45, 2.75) is 27.7 Å². The highest BCUT2D eigenvalue weighted by Crippen LogP contribution is 2.44. The van der Waals surface area contributed by atoms with Crippen LogP contribution in [0.3, 0.4) is 0 Å². The molecule has 0 radical (unpaired) electrons. The van der Waals surface area contributed by atoms with Gasteiger partial charge in [0.2, 0.25) is 0 Å². The molecule has 0 spiro atoms. The van der Waals surface area contributed by atoms with Gasteiger partial charge >= 0.3 is 0 Å². The average molecular weight is 685 g/mol. The Morgan fingerprint density at radius 3 is 1.81 bits per heavy atom. The lowest BCUT2D eigenvalue weighted by Gasteiger charge is -2.20. The van der Waals surface area contributed by atoms with Crippen LogP contribution < -0.4 is 4.74 Å². The minimum absolute atomic E-state index is 0.753. The number of pyridine rings is 2. The van der Waals surface area contributed by atoms with Gasteiger partial charge in [0.25, 0.3) is 0 Å². The molecule has 5 nitrogen and oxygen atoms in total. The van der Waals surface area contributed by atoms with Gasteiger partial charge in [0.05, 0.1) is 16.6 Å². The van der Waals surface area contributed by atoms with E-state index in [9.17, 15) is 0 Å². The SMILES string of the molecule is Cc1cccc(C)c1-c1cc2c3ccc(Oc4ccc5c6ccccc6n(-c6ccccn6)c5c4)cc3c3nccn3c2cc1-c1c(C)cccc1C. The van der Waals surface area contributed by atoms with E-state index in [1.807, 2.05) is 30.6 Å². The van der Waals surface area contributed by atoms with E-state index in [2.05, 4.69) is 152 Å². The van der Waals surface area contributed by atoms with Crippen LogP contribution in [-0.2, 0) is 0 Å². The zero-order valence-electron chi connectivity index (χ0n) is 30.1. The van der Waals surface area contributed by atoms with Crippen molar-refractivity contribution >= 4 is 49.1 Å². The second kappa shape index (κ2) is 11.9. The second-order valence-corrected chi connectivity index (χ2v) is 14.1. The number of para-hydroxylation sites is 1. The predicted octanol–water partition coefficient (Wildman–Crippen LogP) is 12.5. The van der Waals surface area contributed by atoms with Crippen molar-refractivity contribution in [2.24, 2.45) is 0 Å². The van der Waals surface area contributed by atoms with Gasteiger partial charge in [-0.1, -0.05) is 60.7 Å². The standard InChI is InChI=1S/C48H36N4O/c1-29-11-9-12-30(2)46(29)39-27-38-35-20-18-33(25-41(35)48-50-23-24-51(48)43(38)28-40(39)47-31(3)13-10-14-32(47)4)53-34-19-21-37-36-15-5-6-16-42(36)52(44(37)26-34)45-17-7-8-22-49-45/h5-28H,1-4H3. The summed E-state index contributed by atoms with van der Waals surface area (Å²) in [5.74, 6) is 2.38. The second-order valence-electron chi connectivity index (χ2n) is 14.1. The van der Waals surface area contributed by atoms with Crippen LogP contribution in [-0.4, -0.2) is 18.9 Å². The fraction of sp³-hybridized carbons (Fsp3) is 0.0833. The smallest absolute Gasteiger partial charge is 0.145 e. The van der Waals surface area contributed by atoms with Crippen LogP contribution in [0.25, 0.3) is 77.2 Å². The molecular formula is C48H36N4O. The Labute approximate surface area is 307 Å². The summed E-state index contributed by atoms with van der Waals surface area (Å²) >= 11 is 0. The number of benzene rings is 6. The fourth-order valence-corrected chi connectivity index (χ4v) is 8.48. The van der Waals surface area contributed by atoms with Crippen molar-refractivity contribution in [3.8, 4) is 39.6 Å². The van der Waals surface area contributed by atoms with Crippen molar-refractivity contribution in [3.63, 3.8) is 0 Å². The van der Waals surface area contributed by atoms with E-state index in [-0.39, 0.29) is 0 Å². The highest BCUT2D eigenvalue weighted by molar-refractivity contribution is 6.15. The van der Waals surface area contributed by atoms with E-state index in [4.69, 9.17) is 14.7 Å². The van der Waals surface area contributed by atoms with Gasteiger partial charge in [-0.15, -0.1) is 0 Å². The third-order valence-electron chi connectivity index (χ3n) is 10.8. The molecular weight excluding hydrogens is 649 g/mol. The summed E-state index contributed by atoms with van der Waals surface area (Å²) in [6.07, 6.45) is 5.80. The lowest BCUT2D eigenvalue weighted by molar-refractivity contribution is 0.484. The van der Waals surface area contributed by atoms with Gasteiger partial charge in [-0.2, -0.15) is 0 Å². The summed E-state index contributed by atoms with van der Waals surface area (Å²) in [4.78, 5) is 9.60. The Hall–Kier alpha value is -6.72. The van der Waals surface area contributed by atoms with E-state index in [0.29, 0.717) is 0 Å². The van der Waals surface area contributed by atoms with E-state index in [1.54, 1.807) is 0 Å². The first-order valence-corrected chi connectivity index (χ1v) is 18.1. The van der Waals surface area contributed by atoms with Crippen LogP contribution in [0, 0.1) is 27.7 Å². The quantitative estimate of drug-likeness (QED) is 0.170. The molecule has 0 amide bonds. The molecule has 10 rings (SSSR count). The topological polar surface area (TPSA) is 44.3 Å². The first kappa shape index (κ1) is 31.1. The minimum atomic E-state index is 0.753. The van der Waals surface area contributed by atoms with E-state index >= 15 is 0 Å². The maximum absolute atomic E-state index is 6.68. The third kappa shape index (κ3) is 4.85. The molecule has 4 heterocycles. The summed E-state index contributed by atoms with van der Waals surface area (Å²) in [6.45, 7) is 8.86. The number of aromatic nitrogens is 4. The molecule has 0 fully saturated rings. The maximum Gasteiger partial charge on any atom is 0.145 e. The summed E-state index contributed by atoms with van der Waals surface area (Å²) in [6, 6.07) is 45.1. The zero-order chi connectivity index (χ0) is 35.8. The Kier molecular flexibility index (Phi) is 6.99. The summed E-state index contributed by atoms with van der Waals surface area (Å²) in [5, 5.41) is 5.68. The van der Waals surface area contributed by atoms with Crippen molar-refractivity contribution in [2.75, 3.05) is 0 Å². The number of hydrogen-bond donors (Lipinski definition) is 0. The van der Waals surface area contributed by atoms with Gasteiger partial charge in [-0.05, 0) is 138 Å². The highest BCUT2D eigenvalue weighted by atomic mass is 16.5. The predicted molar refractivity (Wildman–Crippen MR) is 219 cm³/mol. The molecule has 254 valence electrons. The number of aryl methyl sites for hydroxylation is 4. The van der Waals surface area contributed by atoms with Gasteiger partial charge in [0.1, 0.15) is 23.0 Å². The molecule has 0 aliphatic carbocycles. The Morgan fingerprint density at radius 1 is 0.453 bits per heavy atom. The molecule has 5 heteroatoms. The normalized spacial score (nSPS) is 11.8. The van der Waals surface area contributed by atoms with Crippen LogP contribution in [0.4, 0.5) is 0 Å². The van der Waals surface area contributed by atoms with Crippen LogP contribution in [0.2, 0.25) is 0 Å². The van der Waals surface area contributed by atoms with Crippen LogP contribution in [0.1, 0.15) is 22.3 Å². The fourth-order valence-electron chi connectivity index (χ4n) is 8.48. The first-order chi connectivity index (χ1) is 25.9. The van der Waals surface area contributed by atoms with E-state index in [1.165, 1.54) is 55.3 Å². The average Bonchev–Trinajstić information content (AvgIpc) is 3.79. The van der Waals surface area contributed by atoms with Crippen LogP contribution in [0.5, 0.6) is 11.5 Å². The largest absolute Gasteiger partial charge is 0.457 e. The van der Waals surface area contributed by atoms with Crippen LogP contribution >= 0.6 is 0 Å². The lowest BCUT2D eigenvalue weighted by Crippen LogP contribution is -1.98. The molecule has 53 heavy (non-hydrogen) atoms. The van der Waals surface area contributed by atoms with Crippen molar-refractivity contribution in [3.05, 3.63) is 168 Å². The molecule has 0 aliphatic heterocycles. The van der Waals surface area contributed by atoms with Crippen molar-refractivity contribution in [1.29, 1.82) is 0 Å². The molecule has 0 saturated heterocycles. The number of rotatable bonds is 5. The van der Waals surface area contributed by atoms with Crippen molar-refractivity contribution < 1.29 is 4.74 Å². The van der Waals surface area contributed by atoms with E-state index in [0.717, 1.165) is 55.7 Å². The Bertz CT molecular complexity index is 3040. The lowest BCUT2D eigenvalue weighted by atomic mass is 9.85. The van der Waals surface area contributed by atoms with Gasteiger partial charge in [-0.25, -0.2) is 9.97 Å². The molecule has 10 aromatic rings. The molecule has 4 aromatic heterocycles. The number of fused-ring (bicyclic) bond motifs is 9. The zero-order valence-corrected chi connectivity index (χ0v) is 30.1. The molecule has 0 bridgehead atoms. The molecule has 0 saturated carbocycles. The van der Waals surface area contributed by atoms with Gasteiger partial charge in [0.15, 0.2) is 0 Å². The number of ether oxygens (including phenoxy) is 1. The number of nitrogens with zero attached hydrogens (tertiary/aromatic N) is 4. The number of imidazole rings is 1. The summed E-state index contributed by atoms with van der Waals surface area (Å²) in [5.41, 5.74) is 14.3. The first-order valence-electron chi connectivity index (χ1n) is 18.1. The maximum atomic E-state index is 6.68. The monoisotopic (exact) mass is 684 g/mol. The van der Waals surface area contributed by atoms with Gasteiger partial charge < -0.3 is 4.74 Å². The molecule has 0 aliphatic rings. The van der Waals surface area contributed by atoms with E-state index < -0.39 is 0 Å². The summed E-state index contributed by atoms with van der Waals surface area (Å²) < 4.78 is 11.1. The highest BCUT2D eigenvalue weighted by Gasteiger charge is 2.20. The molecule has 0 atom stereocenters. The van der Waals surface area contributed by atoms with Crippen molar-refractivity contribution in [1.82, 2.24) is 18.9 Å². The number of hydrogen-bond acceptors (Lipinski definition) is 3. The van der Waals surface area contributed by atoms with Gasteiger partial charge in [-0.3, -0.25) is 8.97 Å². The Morgan fingerprint density at radius 2 is 1.09 bits per heavy atom. The van der Waals surface area contributed by atoms with Crippen LogP contribution in [0.15, 0.2) is 146 Å². The molecule has 0 N–H and O–H groups in total. The molecule has 6 aromatic carbocycles. The minimum Gasteiger partial charge on any atom is -0.457 e. The third-order valence-corrected chi connectivity index (χ3v) is 10.8. The summed E-state index contributed by atoms with van der Waals surface area (Å²) in [7, 11) is 0.